The second-order valence-electron chi connectivity index (χ2n) is 4.03. The first kappa shape index (κ1) is 12.2. The average Bonchev–Trinajstić information content (AvgIpc) is 2.74. The standard InChI is InChI=1S/C14H14O4/c1-10-3-2-4-12(9-10)18-14-8-6-11(17-14)5-7-13(15)16/h2-4,6,8-9H,5,7H2,1H3,(H,15,16). The number of hydrogen-bond donors (Lipinski definition) is 1. The third-order valence-corrected chi connectivity index (χ3v) is 2.43. The fraction of sp³-hybridized carbons (Fsp3) is 0.214. The number of carboxylic acid groups (broad SMARTS) is 1. The van der Waals surface area contributed by atoms with Gasteiger partial charge < -0.3 is 14.3 Å². The molecular weight excluding hydrogens is 232 g/mol. The molecule has 4 nitrogen and oxygen atoms in total. The molecule has 0 aliphatic heterocycles. The van der Waals surface area contributed by atoms with Crippen molar-refractivity contribution in [3.63, 3.8) is 0 Å². The Morgan fingerprint density at radius 1 is 1.33 bits per heavy atom. The van der Waals surface area contributed by atoms with Crippen molar-refractivity contribution in [2.24, 2.45) is 0 Å². The van der Waals surface area contributed by atoms with Gasteiger partial charge in [0.25, 0.3) is 5.95 Å². The van der Waals surface area contributed by atoms with E-state index in [4.69, 9.17) is 14.3 Å². The van der Waals surface area contributed by atoms with Gasteiger partial charge in [-0.1, -0.05) is 12.1 Å². The lowest BCUT2D eigenvalue weighted by Gasteiger charge is -2.02. The third-order valence-electron chi connectivity index (χ3n) is 2.43. The molecule has 0 amide bonds. The zero-order valence-corrected chi connectivity index (χ0v) is 10.1. The zero-order chi connectivity index (χ0) is 13.0. The minimum absolute atomic E-state index is 0.0530. The van der Waals surface area contributed by atoms with E-state index in [1.807, 2.05) is 31.2 Å². The van der Waals surface area contributed by atoms with Crippen molar-refractivity contribution in [2.75, 3.05) is 0 Å². The maximum atomic E-state index is 10.4. The van der Waals surface area contributed by atoms with Crippen LogP contribution in [0, 0.1) is 6.92 Å². The lowest BCUT2D eigenvalue weighted by molar-refractivity contribution is -0.137. The molecule has 0 saturated carbocycles. The summed E-state index contributed by atoms with van der Waals surface area (Å²) in [6.45, 7) is 1.98. The Morgan fingerprint density at radius 3 is 2.89 bits per heavy atom. The number of benzene rings is 1. The van der Waals surface area contributed by atoms with Crippen LogP contribution in [0.25, 0.3) is 0 Å². The van der Waals surface area contributed by atoms with Crippen molar-refractivity contribution in [1.82, 2.24) is 0 Å². The normalized spacial score (nSPS) is 10.3. The van der Waals surface area contributed by atoms with E-state index < -0.39 is 5.97 Å². The SMILES string of the molecule is Cc1cccc(Oc2ccc(CCC(=O)O)o2)c1. The van der Waals surface area contributed by atoms with Gasteiger partial charge in [-0.2, -0.15) is 0 Å². The summed E-state index contributed by atoms with van der Waals surface area (Å²) >= 11 is 0. The Morgan fingerprint density at radius 2 is 2.17 bits per heavy atom. The molecule has 1 heterocycles. The highest BCUT2D eigenvalue weighted by Crippen LogP contribution is 2.24. The number of aliphatic carboxylic acids is 1. The monoisotopic (exact) mass is 246 g/mol. The molecule has 1 aromatic heterocycles. The van der Waals surface area contributed by atoms with Crippen molar-refractivity contribution < 1.29 is 19.1 Å². The van der Waals surface area contributed by atoms with Crippen LogP contribution in [0.4, 0.5) is 0 Å². The van der Waals surface area contributed by atoms with E-state index in [9.17, 15) is 4.79 Å². The number of ether oxygens (including phenoxy) is 1. The highest BCUT2D eigenvalue weighted by atomic mass is 16.6. The minimum atomic E-state index is -0.840. The van der Waals surface area contributed by atoms with E-state index in [1.54, 1.807) is 12.1 Å². The molecule has 1 N–H and O–H groups in total. The summed E-state index contributed by atoms with van der Waals surface area (Å²) in [6, 6.07) is 11.0. The van der Waals surface area contributed by atoms with Crippen LogP contribution in [-0.2, 0) is 11.2 Å². The van der Waals surface area contributed by atoms with Crippen LogP contribution in [0.15, 0.2) is 40.8 Å². The van der Waals surface area contributed by atoms with Gasteiger partial charge in [-0.15, -0.1) is 0 Å². The van der Waals surface area contributed by atoms with Gasteiger partial charge in [0.2, 0.25) is 0 Å². The lowest BCUT2D eigenvalue weighted by atomic mass is 10.2. The third kappa shape index (κ3) is 3.38. The van der Waals surface area contributed by atoms with E-state index in [2.05, 4.69) is 0 Å². The summed E-state index contributed by atoms with van der Waals surface area (Å²) in [7, 11) is 0. The largest absolute Gasteiger partial charge is 0.481 e. The van der Waals surface area contributed by atoms with Crippen LogP contribution in [0.1, 0.15) is 17.7 Å². The fourth-order valence-corrected chi connectivity index (χ4v) is 1.57. The van der Waals surface area contributed by atoms with Gasteiger partial charge >= 0.3 is 5.97 Å². The number of rotatable bonds is 5. The van der Waals surface area contributed by atoms with Gasteiger partial charge in [0.05, 0.1) is 6.42 Å². The molecule has 0 bridgehead atoms. The summed E-state index contributed by atoms with van der Waals surface area (Å²) < 4.78 is 10.9. The van der Waals surface area contributed by atoms with Crippen LogP contribution < -0.4 is 4.74 Å². The summed E-state index contributed by atoms with van der Waals surface area (Å²) in [5, 5.41) is 8.57. The first-order valence-corrected chi connectivity index (χ1v) is 5.68. The molecule has 0 saturated heterocycles. The average molecular weight is 246 g/mol. The van der Waals surface area contributed by atoms with Crippen LogP contribution in [0.2, 0.25) is 0 Å². The smallest absolute Gasteiger partial charge is 0.303 e. The second-order valence-corrected chi connectivity index (χ2v) is 4.03. The lowest BCUT2D eigenvalue weighted by Crippen LogP contribution is -1.96. The summed E-state index contributed by atoms with van der Waals surface area (Å²) in [5.74, 6) is 0.850. The molecule has 2 aromatic rings. The molecule has 4 heteroatoms. The van der Waals surface area contributed by atoms with E-state index in [1.165, 1.54) is 0 Å². The second kappa shape index (κ2) is 5.40. The molecule has 0 unspecified atom stereocenters. The number of carbonyl (C=O) groups is 1. The quantitative estimate of drug-likeness (QED) is 0.878. The molecular formula is C14H14O4. The van der Waals surface area contributed by atoms with Crippen LogP contribution in [0.3, 0.4) is 0 Å². The number of furan rings is 1. The molecule has 0 radical (unpaired) electrons. The van der Waals surface area contributed by atoms with Crippen molar-refractivity contribution in [2.45, 2.75) is 19.8 Å². The molecule has 0 fully saturated rings. The van der Waals surface area contributed by atoms with Gasteiger partial charge in [0, 0.05) is 12.5 Å². The van der Waals surface area contributed by atoms with Crippen LogP contribution in [0.5, 0.6) is 11.7 Å². The first-order chi connectivity index (χ1) is 8.63. The first-order valence-electron chi connectivity index (χ1n) is 5.68. The predicted octanol–water partition coefficient (Wildman–Crippen LogP) is 3.40. The van der Waals surface area contributed by atoms with Gasteiger partial charge in [0.15, 0.2) is 0 Å². The van der Waals surface area contributed by atoms with Crippen molar-refractivity contribution >= 4 is 5.97 Å². The Bertz CT molecular complexity index is 542. The summed E-state index contributed by atoms with van der Waals surface area (Å²) in [6.07, 6.45) is 0.421. The fourth-order valence-electron chi connectivity index (χ4n) is 1.57. The van der Waals surface area contributed by atoms with Crippen LogP contribution in [-0.4, -0.2) is 11.1 Å². The summed E-state index contributed by atoms with van der Waals surface area (Å²) in [5.41, 5.74) is 1.10. The van der Waals surface area contributed by atoms with Gasteiger partial charge in [-0.25, -0.2) is 0 Å². The molecule has 0 spiro atoms. The van der Waals surface area contributed by atoms with E-state index in [-0.39, 0.29) is 6.42 Å². The van der Waals surface area contributed by atoms with Crippen LogP contribution >= 0.6 is 0 Å². The Kier molecular flexibility index (Phi) is 3.67. The van der Waals surface area contributed by atoms with E-state index in [0.29, 0.717) is 23.9 Å². The van der Waals surface area contributed by atoms with Crippen molar-refractivity contribution in [3.8, 4) is 11.7 Å². The maximum absolute atomic E-state index is 10.4. The Labute approximate surface area is 105 Å². The topological polar surface area (TPSA) is 59.7 Å². The summed E-state index contributed by atoms with van der Waals surface area (Å²) in [4.78, 5) is 10.4. The molecule has 0 aliphatic rings. The highest BCUT2D eigenvalue weighted by molar-refractivity contribution is 5.66. The molecule has 0 atom stereocenters. The predicted molar refractivity (Wildman–Crippen MR) is 65.9 cm³/mol. The molecule has 0 aliphatic carbocycles. The Balaban J connectivity index is 2.00. The molecule has 18 heavy (non-hydrogen) atoms. The minimum Gasteiger partial charge on any atom is -0.481 e. The van der Waals surface area contributed by atoms with E-state index >= 15 is 0 Å². The van der Waals surface area contributed by atoms with Gasteiger partial charge in [-0.3, -0.25) is 4.79 Å². The number of aryl methyl sites for hydroxylation is 2. The number of carboxylic acids is 1. The van der Waals surface area contributed by atoms with Crippen molar-refractivity contribution in [1.29, 1.82) is 0 Å². The zero-order valence-electron chi connectivity index (χ0n) is 10.1. The van der Waals surface area contributed by atoms with Gasteiger partial charge in [-0.05, 0) is 30.7 Å². The highest BCUT2D eigenvalue weighted by Gasteiger charge is 2.06. The molecule has 1 aromatic carbocycles. The molecule has 2 rings (SSSR count). The van der Waals surface area contributed by atoms with E-state index in [0.717, 1.165) is 5.56 Å². The molecule has 94 valence electrons. The number of hydrogen-bond acceptors (Lipinski definition) is 3. The Hall–Kier alpha value is -2.23. The maximum Gasteiger partial charge on any atom is 0.303 e. The van der Waals surface area contributed by atoms with Gasteiger partial charge in [0.1, 0.15) is 11.5 Å². The van der Waals surface area contributed by atoms with Crippen molar-refractivity contribution in [3.05, 3.63) is 47.7 Å².